The zero-order valence-electron chi connectivity index (χ0n) is 12.3. The number of hydrogen-bond acceptors (Lipinski definition) is 2. The third kappa shape index (κ3) is 3.07. The third-order valence-electron chi connectivity index (χ3n) is 3.88. The summed E-state index contributed by atoms with van der Waals surface area (Å²) in [6.45, 7) is 6.24. The fourth-order valence-electron chi connectivity index (χ4n) is 2.71. The van der Waals surface area contributed by atoms with Crippen LogP contribution in [0.2, 0.25) is 0 Å². The number of hydrogen-bond donors (Lipinski definition) is 1. The van der Waals surface area contributed by atoms with E-state index in [1.165, 1.54) is 16.7 Å². The fourth-order valence-corrected chi connectivity index (χ4v) is 2.71. The smallest absolute Gasteiger partial charge is 0.106 e. The minimum absolute atomic E-state index is 0.359. The average molecular weight is 257 g/mol. The molecule has 2 heteroatoms. The zero-order valence-corrected chi connectivity index (χ0v) is 12.3. The second-order valence-electron chi connectivity index (χ2n) is 5.12. The lowest BCUT2D eigenvalue weighted by atomic mass is 9.96. The SMILES string of the molecule is CNC(CCc1ccccc1)c1c(C)oc(C)c1C. The summed E-state index contributed by atoms with van der Waals surface area (Å²) in [6, 6.07) is 11.0. The molecule has 0 fully saturated rings. The lowest BCUT2D eigenvalue weighted by Crippen LogP contribution is -2.18. The van der Waals surface area contributed by atoms with E-state index in [-0.39, 0.29) is 0 Å². The maximum absolute atomic E-state index is 5.74. The molecule has 19 heavy (non-hydrogen) atoms. The van der Waals surface area contributed by atoms with Crippen LogP contribution < -0.4 is 5.32 Å². The van der Waals surface area contributed by atoms with Crippen molar-refractivity contribution >= 4 is 0 Å². The van der Waals surface area contributed by atoms with Gasteiger partial charge in [-0.25, -0.2) is 0 Å². The van der Waals surface area contributed by atoms with Gasteiger partial charge in [-0.05, 0) is 51.8 Å². The van der Waals surface area contributed by atoms with E-state index >= 15 is 0 Å². The van der Waals surface area contributed by atoms with Crippen LogP contribution in [0.4, 0.5) is 0 Å². The van der Waals surface area contributed by atoms with E-state index in [1.54, 1.807) is 0 Å². The summed E-state index contributed by atoms with van der Waals surface area (Å²) < 4.78 is 5.74. The van der Waals surface area contributed by atoms with Crippen molar-refractivity contribution in [3.05, 3.63) is 58.5 Å². The van der Waals surface area contributed by atoms with Crippen molar-refractivity contribution in [2.45, 2.75) is 39.7 Å². The Hall–Kier alpha value is -1.54. The summed E-state index contributed by atoms with van der Waals surface area (Å²) in [5.41, 5.74) is 4.00. The molecule has 0 spiro atoms. The molecule has 1 unspecified atom stereocenters. The number of furan rings is 1. The molecule has 1 aromatic carbocycles. The van der Waals surface area contributed by atoms with E-state index in [0.29, 0.717) is 6.04 Å². The first kappa shape index (κ1) is 13.9. The fraction of sp³-hybridized carbons (Fsp3) is 0.412. The van der Waals surface area contributed by atoms with Gasteiger partial charge in [0.2, 0.25) is 0 Å². The van der Waals surface area contributed by atoms with E-state index in [9.17, 15) is 0 Å². The van der Waals surface area contributed by atoms with Gasteiger partial charge in [0.15, 0.2) is 0 Å². The van der Waals surface area contributed by atoms with Crippen LogP contribution in [0.1, 0.15) is 40.7 Å². The minimum atomic E-state index is 0.359. The van der Waals surface area contributed by atoms with E-state index in [4.69, 9.17) is 4.42 Å². The molecule has 0 aliphatic heterocycles. The van der Waals surface area contributed by atoms with Crippen molar-refractivity contribution < 1.29 is 4.42 Å². The summed E-state index contributed by atoms with van der Waals surface area (Å²) >= 11 is 0. The molecule has 2 nitrogen and oxygen atoms in total. The van der Waals surface area contributed by atoms with Gasteiger partial charge in [-0.3, -0.25) is 0 Å². The molecule has 0 radical (unpaired) electrons. The molecule has 0 aliphatic rings. The lowest BCUT2D eigenvalue weighted by molar-refractivity contribution is 0.484. The van der Waals surface area contributed by atoms with Gasteiger partial charge >= 0.3 is 0 Å². The van der Waals surface area contributed by atoms with Gasteiger partial charge in [0.25, 0.3) is 0 Å². The summed E-state index contributed by atoms with van der Waals surface area (Å²) in [5.74, 6) is 2.08. The van der Waals surface area contributed by atoms with Crippen molar-refractivity contribution in [3.63, 3.8) is 0 Å². The van der Waals surface area contributed by atoms with Crippen molar-refractivity contribution in [2.75, 3.05) is 7.05 Å². The highest BCUT2D eigenvalue weighted by Crippen LogP contribution is 2.29. The maximum atomic E-state index is 5.74. The molecular weight excluding hydrogens is 234 g/mol. The van der Waals surface area contributed by atoms with Gasteiger partial charge in [-0.15, -0.1) is 0 Å². The molecule has 102 valence electrons. The second-order valence-corrected chi connectivity index (χ2v) is 5.12. The minimum Gasteiger partial charge on any atom is -0.466 e. The van der Waals surface area contributed by atoms with Crippen LogP contribution in [0, 0.1) is 20.8 Å². The average Bonchev–Trinajstić information content (AvgIpc) is 2.67. The highest BCUT2D eigenvalue weighted by molar-refractivity contribution is 5.34. The van der Waals surface area contributed by atoms with Gasteiger partial charge in [0.05, 0.1) is 0 Å². The summed E-state index contributed by atoms with van der Waals surface area (Å²) in [6.07, 6.45) is 2.16. The predicted octanol–water partition coefficient (Wildman–Crippen LogP) is 4.10. The van der Waals surface area contributed by atoms with Crippen LogP contribution in [0.25, 0.3) is 0 Å². The largest absolute Gasteiger partial charge is 0.466 e. The quantitative estimate of drug-likeness (QED) is 0.872. The normalized spacial score (nSPS) is 12.6. The number of aryl methyl sites for hydroxylation is 3. The molecule has 0 saturated carbocycles. The van der Waals surface area contributed by atoms with E-state index in [0.717, 1.165) is 24.4 Å². The van der Waals surface area contributed by atoms with Gasteiger partial charge in [0, 0.05) is 11.6 Å². The summed E-state index contributed by atoms with van der Waals surface area (Å²) in [5, 5.41) is 3.42. The van der Waals surface area contributed by atoms with Gasteiger partial charge in [0.1, 0.15) is 11.5 Å². The number of benzene rings is 1. The van der Waals surface area contributed by atoms with Crippen LogP contribution in [-0.4, -0.2) is 7.05 Å². The van der Waals surface area contributed by atoms with Crippen LogP contribution in [0.5, 0.6) is 0 Å². The predicted molar refractivity (Wildman–Crippen MR) is 79.5 cm³/mol. The van der Waals surface area contributed by atoms with Crippen LogP contribution in [0.15, 0.2) is 34.7 Å². The first-order valence-corrected chi connectivity index (χ1v) is 6.91. The number of nitrogens with one attached hydrogen (secondary N) is 1. The molecule has 2 aromatic rings. The zero-order chi connectivity index (χ0) is 13.8. The van der Waals surface area contributed by atoms with Crippen LogP contribution in [0.3, 0.4) is 0 Å². The molecule has 0 amide bonds. The maximum Gasteiger partial charge on any atom is 0.106 e. The van der Waals surface area contributed by atoms with Gasteiger partial charge in [-0.1, -0.05) is 30.3 Å². The molecule has 1 N–H and O–H groups in total. The van der Waals surface area contributed by atoms with Gasteiger partial charge in [-0.2, -0.15) is 0 Å². The molecule has 1 atom stereocenters. The molecule has 1 aromatic heterocycles. The van der Waals surface area contributed by atoms with Crippen molar-refractivity contribution in [1.29, 1.82) is 0 Å². The van der Waals surface area contributed by atoms with E-state index in [1.807, 2.05) is 14.0 Å². The molecule has 0 saturated heterocycles. The Morgan fingerprint density at radius 1 is 1.05 bits per heavy atom. The highest BCUT2D eigenvalue weighted by Gasteiger charge is 2.19. The Morgan fingerprint density at radius 3 is 2.26 bits per heavy atom. The van der Waals surface area contributed by atoms with E-state index < -0.39 is 0 Å². The summed E-state index contributed by atoms with van der Waals surface area (Å²) in [4.78, 5) is 0. The lowest BCUT2D eigenvalue weighted by Gasteiger charge is -2.17. The Balaban J connectivity index is 2.12. The Kier molecular flexibility index (Phi) is 4.43. The Bertz CT molecular complexity index is 528. The van der Waals surface area contributed by atoms with Crippen LogP contribution in [-0.2, 0) is 6.42 Å². The monoisotopic (exact) mass is 257 g/mol. The molecule has 0 aliphatic carbocycles. The van der Waals surface area contributed by atoms with Crippen molar-refractivity contribution in [3.8, 4) is 0 Å². The van der Waals surface area contributed by atoms with Gasteiger partial charge < -0.3 is 9.73 Å². The number of rotatable bonds is 5. The Morgan fingerprint density at radius 2 is 1.74 bits per heavy atom. The topological polar surface area (TPSA) is 25.2 Å². The molecule has 0 bridgehead atoms. The first-order valence-electron chi connectivity index (χ1n) is 6.91. The second kappa shape index (κ2) is 6.07. The standard InChI is InChI=1S/C17H23NO/c1-12-13(2)19-14(3)17(12)16(18-4)11-10-15-8-6-5-7-9-15/h5-9,16,18H,10-11H2,1-4H3. The van der Waals surface area contributed by atoms with Crippen LogP contribution >= 0.6 is 0 Å². The third-order valence-corrected chi connectivity index (χ3v) is 3.88. The Labute approximate surface area is 115 Å². The van der Waals surface area contributed by atoms with E-state index in [2.05, 4.69) is 49.5 Å². The van der Waals surface area contributed by atoms with Crippen molar-refractivity contribution in [1.82, 2.24) is 5.32 Å². The first-order chi connectivity index (χ1) is 9.13. The summed E-state index contributed by atoms with van der Waals surface area (Å²) in [7, 11) is 2.02. The highest BCUT2D eigenvalue weighted by atomic mass is 16.3. The molecule has 2 rings (SSSR count). The molecular formula is C17H23NO. The molecule has 1 heterocycles. The van der Waals surface area contributed by atoms with Crippen molar-refractivity contribution in [2.24, 2.45) is 0 Å².